The number of fused-ring (bicyclic) bond motifs is 2. The van der Waals surface area contributed by atoms with Gasteiger partial charge in [0.25, 0.3) is 20.2 Å². The Morgan fingerprint density at radius 3 is 1.85 bits per heavy atom. The summed E-state index contributed by atoms with van der Waals surface area (Å²) in [7, 11) is -9.01. The molecular formula is C85H106N7O19S2+. The van der Waals surface area contributed by atoms with Crippen LogP contribution in [0.1, 0.15) is 185 Å². The third-order valence-corrected chi connectivity index (χ3v) is 22.4. The van der Waals surface area contributed by atoms with Gasteiger partial charge in [-0.25, -0.2) is 14.4 Å². The lowest BCUT2D eigenvalue weighted by Crippen LogP contribution is -2.48. The fraction of sp³-hybridized carbons (Fsp3) is 0.435. The number of carbonyl (C=O) groups excluding carboxylic acids is 6. The quantitative estimate of drug-likeness (QED) is 0.00983. The minimum absolute atomic E-state index is 0.00651. The lowest BCUT2D eigenvalue weighted by Gasteiger charge is -2.27. The molecular weight excluding hydrogens is 1490 g/mol. The molecule has 0 spiro atoms. The second-order valence-corrected chi connectivity index (χ2v) is 32.8. The highest BCUT2D eigenvalue weighted by molar-refractivity contribution is 7.86. The minimum atomic E-state index is -4.50. The number of benzene rings is 5. The van der Waals surface area contributed by atoms with E-state index in [2.05, 4.69) is 74.2 Å². The van der Waals surface area contributed by atoms with Crippen molar-refractivity contribution in [2.24, 2.45) is 5.92 Å². The van der Waals surface area contributed by atoms with Crippen molar-refractivity contribution in [3.63, 3.8) is 0 Å². The third-order valence-electron chi connectivity index (χ3n) is 20.7. The molecule has 10 N–H and O–H groups in total. The summed E-state index contributed by atoms with van der Waals surface area (Å²) >= 11 is 0. The summed E-state index contributed by atoms with van der Waals surface area (Å²) < 4.78 is 79.3. The van der Waals surface area contributed by atoms with Crippen LogP contribution >= 0.6 is 0 Å². The first-order valence-electron chi connectivity index (χ1n) is 38.6. The Morgan fingerprint density at radius 1 is 0.584 bits per heavy atom. The molecule has 0 radical (unpaired) electrons. The number of Topliss-reactive ketones (excluding diaryl/α,β-unsaturated/α-hetero) is 2. The van der Waals surface area contributed by atoms with Gasteiger partial charge in [-0.3, -0.25) is 37.9 Å². The number of allylic oxidation sites excluding steroid dienone is 7. The number of unbranched alkanes of at least 4 members (excludes halogenated alkanes) is 4. The predicted octanol–water partition coefficient (Wildman–Crippen LogP) is 11.9. The Kier molecular flexibility index (Phi) is 31.9. The molecule has 26 nitrogen and oxygen atoms in total. The van der Waals surface area contributed by atoms with Crippen LogP contribution in [0.4, 0.5) is 16.2 Å². The van der Waals surface area contributed by atoms with Crippen LogP contribution in [0.5, 0.6) is 5.75 Å². The first-order valence-corrected chi connectivity index (χ1v) is 41.5. The van der Waals surface area contributed by atoms with Gasteiger partial charge in [0.2, 0.25) is 23.4 Å². The highest BCUT2D eigenvalue weighted by Gasteiger charge is 2.46. The second-order valence-electron chi connectivity index (χ2n) is 30.0. The van der Waals surface area contributed by atoms with Gasteiger partial charge in [0.1, 0.15) is 35.9 Å². The number of aliphatic carboxylic acids is 3. The Hall–Kier alpha value is -10.4. The number of nitrogens with zero attached hydrogens (tertiary/aromatic N) is 2. The van der Waals surface area contributed by atoms with Crippen LogP contribution in [0.15, 0.2) is 178 Å². The maximum absolute atomic E-state index is 14.5. The Morgan fingerprint density at radius 2 is 1.21 bits per heavy atom. The van der Waals surface area contributed by atoms with E-state index in [1.54, 1.807) is 78.9 Å². The van der Waals surface area contributed by atoms with E-state index < -0.39 is 122 Å². The number of hydrogen-bond acceptors (Lipinski definition) is 15. The van der Waals surface area contributed by atoms with Gasteiger partial charge in [-0.1, -0.05) is 119 Å². The number of carboxylic acid groups (broad SMARTS) is 3. The number of anilines is 1. The molecule has 113 heavy (non-hydrogen) atoms. The van der Waals surface area contributed by atoms with E-state index in [9.17, 15) is 79.3 Å². The maximum Gasteiger partial charge on any atom is 0.326 e. The molecule has 4 atom stereocenters. The fourth-order valence-electron chi connectivity index (χ4n) is 14.5. The molecule has 606 valence electrons. The van der Waals surface area contributed by atoms with Crippen LogP contribution in [-0.4, -0.2) is 149 Å². The molecule has 5 aromatic rings. The standard InChI is InChI=1S/C85H105N7O19S2/c1-7-9-19-49-92-72-41-38-65(113(108,109)110)54-67(72)85(5,6)75(92)43-34-60-27-20-26-59(33-42-74-84(3,4)66-53-64(112(105,106)107)37-40-71(66)91(74)48-10-8-2)79(60)111-63-35-31-56(32-36-63)45-47-86-77(96)55-70(82(102)103)89-80(99)61(50-57-22-13-11-14-23-57)52-73(94)69(51-58-24-15-12-16-25-58)88-76(95)30-18-17-28-62(93)29-21-46-87-83(104)90-68(81(100)101)39-44-78(97)98/h11-16,22-25,31-38,40-43,53-54,61,68-70H,7-10,17-21,26-30,39,44-52,55H2,1-6H3,(H9-,86,87,88,89,90,95,96,97,98,99,100,101,102,103,104,105,106,107,108,109,110)/p+1/t61-,68-,69+,70+/m1/s1. The van der Waals surface area contributed by atoms with Gasteiger partial charge in [-0.15, -0.1) is 0 Å². The lowest BCUT2D eigenvalue weighted by molar-refractivity contribution is -0.438. The number of amides is 5. The summed E-state index contributed by atoms with van der Waals surface area (Å²) in [5.74, 6) is -6.72. The Labute approximate surface area is 661 Å². The van der Waals surface area contributed by atoms with E-state index in [1.165, 1.54) is 18.2 Å². The first kappa shape index (κ1) is 88.1. The Bertz CT molecular complexity index is 4690. The molecule has 0 unspecified atom stereocenters. The van der Waals surface area contributed by atoms with Gasteiger partial charge >= 0.3 is 23.9 Å². The van der Waals surface area contributed by atoms with E-state index in [1.807, 2.05) is 52.0 Å². The molecule has 0 aromatic heterocycles. The fourth-order valence-corrected chi connectivity index (χ4v) is 15.5. The SMILES string of the molecule is CCCCC[N+]1=C(/C=C/C2=C(Oc3ccc(CCNC(=O)C[C@H](NC(=O)[C@@H](CC(=O)[C@H](Cc4ccccc4)NC(=O)CCCCC(=O)CCCNC(=O)N[C@H](CCC(=O)O)C(=O)O)Cc4ccccc4)C(=O)O)cc3)C(=C/C=C3/N(CCCC)c4ccc(S(=O)(=O)O)cc4C3(C)C)/CCC2)C(C)(C)c2cc(S(=O)(=O)O)ccc21. The van der Waals surface area contributed by atoms with Crippen molar-refractivity contribution >= 4 is 90.5 Å². The number of ether oxygens (including phenoxy) is 1. The number of nitrogens with one attached hydrogen (secondary N) is 5. The van der Waals surface area contributed by atoms with E-state index in [-0.39, 0.29) is 80.0 Å². The number of ketones is 2. The summed E-state index contributed by atoms with van der Waals surface area (Å²) in [5, 5.41) is 41.4. The monoisotopic (exact) mass is 1590 g/mol. The van der Waals surface area contributed by atoms with Crippen LogP contribution in [-0.2, 0) is 88.7 Å². The van der Waals surface area contributed by atoms with Gasteiger partial charge in [0, 0.05) is 98.6 Å². The molecule has 0 bridgehead atoms. The zero-order valence-electron chi connectivity index (χ0n) is 65.0. The van der Waals surface area contributed by atoms with Crippen LogP contribution in [0.25, 0.3) is 0 Å². The van der Waals surface area contributed by atoms with Crippen LogP contribution in [0, 0.1) is 5.92 Å². The van der Waals surface area contributed by atoms with Crippen molar-refractivity contribution in [1.29, 1.82) is 0 Å². The zero-order valence-corrected chi connectivity index (χ0v) is 66.6. The number of hydrogen-bond donors (Lipinski definition) is 10. The van der Waals surface area contributed by atoms with E-state index in [4.69, 9.17) is 9.84 Å². The summed E-state index contributed by atoms with van der Waals surface area (Å²) in [6, 6.07) is 29.4. The van der Waals surface area contributed by atoms with Gasteiger partial charge in [-0.05, 0) is 179 Å². The first-order chi connectivity index (χ1) is 53.7. The van der Waals surface area contributed by atoms with Crippen molar-refractivity contribution in [3.8, 4) is 5.75 Å². The molecule has 1 aliphatic carbocycles. The highest BCUT2D eigenvalue weighted by Crippen LogP contribution is 2.49. The van der Waals surface area contributed by atoms with Gasteiger partial charge in [0.05, 0.1) is 27.7 Å². The van der Waals surface area contributed by atoms with E-state index in [0.29, 0.717) is 61.4 Å². The zero-order chi connectivity index (χ0) is 82.2. The van der Waals surface area contributed by atoms with Gasteiger partial charge in [-0.2, -0.15) is 21.4 Å². The van der Waals surface area contributed by atoms with Gasteiger partial charge < -0.3 is 51.5 Å². The molecule has 0 saturated carbocycles. The molecule has 2 aliphatic heterocycles. The average Bonchev–Trinajstić information content (AvgIpc) is 1.59. The smallest absolute Gasteiger partial charge is 0.326 e. The molecule has 5 aromatic carbocycles. The third kappa shape index (κ3) is 25.3. The normalized spacial score (nSPS) is 16.2. The van der Waals surface area contributed by atoms with Crippen molar-refractivity contribution in [2.45, 2.75) is 215 Å². The largest absolute Gasteiger partial charge is 0.481 e. The molecule has 3 aliphatic rings. The van der Waals surface area contributed by atoms with Crippen LogP contribution in [0.2, 0.25) is 0 Å². The van der Waals surface area contributed by atoms with E-state index in [0.717, 1.165) is 89.1 Å². The van der Waals surface area contributed by atoms with Gasteiger partial charge in [0.15, 0.2) is 11.5 Å². The number of urea groups is 1. The number of carboxylic acids is 3. The molecule has 2 heterocycles. The van der Waals surface area contributed by atoms with Crippen molar-refractivity contribution < 1.29 is 93.7 Å². The maximum atomic E-state index is 14.5. The van der Waals surface area contributed by atoms with E-state index >= 15 is 0 Å². The summed E-state index contributed by atoms with van der Waals surface area (Å²) in [6.07, 6.45) is 14.4. The predicted molar refractivity (Wildman–Crippen MR) is 427 cm³/mol. The molecule has 8 rings (SSSR count). The molecule has 0 fully saturated rings. The van der Waals surface area contributed by atoms with Crippen LogP contribution < -0.4 is 36.2 Å². The average molecular weight is 1590 g/mol. The van der Waals surface area contributed by atoms with Crippen LogP contribution in [0.3, 0.4) is 0 Å². The summed E-state index contributed by atoms with van der Waals surface area (Å²) in [4.78, 5) is 118. The minimum Gasteiger partial charge on any atom is -0.481 e. The topological polar surface area (TPSA) is 399 Å². The summed E-state index contributed by atoms with van der Waals surface area (Å²) in [6.45, 7) is 13.8. The van der Waals surface area contributed by atoms with Crippen molar-refractivity contribution in [2.75, 3.05) is 31.1 Å². The molecule has 28 heteroatoms. The van der Waals surface area contributed by atoms with Crippen molar-refractivity contribution in [3.05, 3.63) is 196 Å². The van der Waals surface area contributed by atoms with Crippen molar-refractivity contribution in [1.82, 2.24) is 26.6 Å². The lowest BCUT2D eigenvalue weighted by atomic mass is 9.81. The molecule has 0 saturated heterocycles. The Balaban J connectivity index is 0.938. The molecule has 5 amide bonds. The number of rotatable bonds is 44. The summed E-state index contributed by atoms with van der Waals surface area (Å²) in [5.41, 5.74) is 7.62. The second kappa shape index (κ2) is 40.9. The highest BCUT2D eigenvalue weighted by atomic mass is 32.2. The number of carbonyl (C=O) groups is 9.